The lowest BCUT2D eigenvalue weighted by Crippen LogP contribution is -2.37. The molecule has 0 bridgehead atoms. The number of hydrogen-bond donors (Lipinski definition) is 0. The predicted octanol–water partition coefficient (Wildman–Crippen LogP) is 3.38. The van der Waals surface area contributed by atoms with Crippen molar-refractivity contribution in [1.82, 2.24) is 24.4 Å². The molecule has 2 fully saturated rings. The molecule has 3 aromatic rings. The predicted molar refractivity (Wildman–Crippen MR) is 125 cm³/mol. The van der Waals surface area contributed by atoms with Crippen molar-refractivity contribution in [2.75, 3.05) is 44.3 Å². The van der Waals surface area contributed by atoms with Gasteiger partial charge in [-0.15, -0.1) is 0 Å². The Morgan fingerprint density at radius 3 is 2.58 bits per heavy atom. The van der Waals surface area contributed by atoms with Gasteiger partial charge in [0.05, 0.1) is 18.9 Å². The molecule has 0 saturated carbocycles. The number of hydrogen-bond acceptors (Lipinski definition) is 7. The van der Waals surface area contributed by atoms with Gasteiger partial charge in [0.2, 0.25) is 5.95 Å². The van der Waals surface area contributed by atoms with Crippen LogP contribution in [0.25, 0.3) is 16.9 Å². The number of amides is 1. The minimum Gasteiger partial charge on any atom is -0.444 e. The van der Waals surface area contributed by atoms with Gasteiger partial charge in [0, 0.05) is 37.8 Å². The highest BCUT2D eigenvalue weighted by molar-refractivity contribution is 5.78. The van der Waals surface area contributed by atoms with Crippen LogP contribution >= 0.6 is 0 Å². The molecule has 4 heterocycles. The Hall–Kier alpha value is -3.20. The van der Waals surface area contributed by atoms with E-state index in [1.165, 1.54) is 0 Å². The van der Waals surface area contributed by atoms with E-state index in [4.69, 9.17) is 24.4 Å². The third kappa shape index (κ3) is 4.50. The van der Waals surface area contributed by atoms with Crippen molar-refractivity contribution in [3.63, 3.8) is 0 Å². The van der Waals surface area contributed by atoms with Gasteiger partial charge in [0.15, 0.2) is 5.65 Å². The third-order valence-electron chi connectivity index (χ3n) is 5.97. The van der Waals surface area contributed by atoms with Crippen LogP contribution in [0.2, 0.25) is 0 Å². The van der Waals surface area contributed by atoms with E-state index in [9.17, 15) is 4.79 Å². The molecule has 0 aliphatic carbocycles. The van der Waals surface area contributed by atoms with E-state index >= 15 is 0 Å². The highest BCUT2D eigenvalue weighted by atomic mass is 16.6. The average molecular weight is 451 g/mol. The summed E-state index contributed by atoms with van der Waals surface area (Å²) in [5.41, 5.74) is 2.94. The fourth-order valence-electron chi connectivity index (χ4n) is 4.35. The van der Waals surface area contributed by atoms with Crippen molar-refractivity contribution in [2.45, 2.75) is 38.7 Å². The van der Waals surface area contributed by atoms with Crippen LogP contribution < -0.4 is 4.90 Å². The van der Waals surface area contributed by atoms with E-state index in [0.29, 0.717) is 32.3 Å². The molecule has 2 aromatic heterocycles. The summed E-state index contributed by atoms with van der Waals surface area (Å²) >= 11 is 0. The standard InChI is InChI=1S/C24H30N6O3/c1-24(2,3)33-23(31)29-10-9-17(15-29)19-20-21(27-22(26-19)28-11-13-32-14-12-28)30(16-25-20)18-7-5-4-6-8-18/h4-8,16-17H,9-15H2,1-3H3. The summed E-state index contributed by atoms with van der Waals surface area (Å²) in [6.07, 6.45) is 2.34. The number of ether oxygens (including phenoxy) is 2. The molecule has 0 radical (unpaired) electrons. The van der Waals surface area contributed by atoms with Crippen molar-refractivity contribution in [3.8, 4) is 5.69 Å². The fraction of sp³-hybridized carbons (Fsp3) is 0.500. The van der Waals surface area contributed by atoms with E-state index in [2.05, 4.69) is 4.90 Å². The lowest BCUT2D eigenvalue weighted by Gasteiger charge is -2.27. The van der Waals surface area contributed by atoms with Crippen molar-refractivity contribution in [1.29, 1.82) is 0 Å². The number of benzene rings is 1. The maximum atomic E-state index is 12.6. The molecule has 1 amide bonds. The minimum absolute atomic E-state index is 0.0712. The van der Waals surface area contributed by atoms with Crippen molar-refractivity contribution in [3.05, 3.63) is 42.4 Å². The van der Waals surface area contributed by atoms with E-state index in [1.54, 1.807) is 4.90 Å². The number of anilines is 1. The number of aromatic nitrogens is 4. The van der Waals surface area contributed by atoms with Gasteiger partial charge in [-0.3, -0.25) is 4.57 Å². The molecule has 2 aliphatic rings. The maximum absolute atomic E-state index is 12.6. The second-order valence-electron chi connectivity index (χ2n) is 9.54. The molecule has 174 valence electrons. The number of likely N-dealkylation sites (tertiary alicyclic amines) is 1. The SMILES string of the molecule is CC(C)(C)OC(=O)N1CCC(c2nc(N3CCOCC3)nc3c2ncn3-c2ccccc2)C1. The van der Waals surface area contributed by atoms with E-state index in [0.717, 1.165) is 42.1 Å². The number of rotatable bonds is 3. The molecular formula is C24H30N6O3. The molecule has 5 rings (SSSR count). The molecule has 9 heteroatoms. The fourth-order valence-corrected chi connectivity index (χ4v) is 4.35. The molecule has 9 nitrogen and oxygen atoms in total. The molecule has 33 heavy (non-hydrogen) atoms. The van der Waals surface area contributed by atoms with Crippen LogP contribution in [-0.2, 0) is 9.47 Å². The summed E-state index contributed by atoms with van der Waals surface area (Å²) < 4.78 is 13.1. The molecular weight excluding hydrogens is 420 g/mol. The van der Waals surface area contributed by atoms with Crippen LogP contribution in [-0.4, -0.2) is 75.5 Å². The van der Waals surface area contributed by atoms with Gasteiger partial charge in [-0.2, -0.15) is 4.98 Å². The highest BCUT2D eigenvalue weighted by Crippen LogP contribution is 2.33. The molecule has 1 atom stereocenters. The molecule has 1 aromatic carbocycles. The van der Waals surface area contributed by atoms with E-state index in [-0.39, 0.29) is 12.0 Å². The number of fused-ring (bicyclic) bond motifs is 1. The van der Waals surface area contributed by atoms with Gasteiger partial charge < -0.3 is 19.3 Å². The summed E-state index contributed by atoms with van der Waals surface area (Å²) in [4.78, 5) is 31.2. The van der Waals surface area contributed by atoms with Gasteiger partial charge in [0.1, 0.15) is 17.4 Å². The van der Waals surface area contributed by atoms with Gasteiger partial charge >= 0.3 is 6.09 Å². The lowest BCUT2D eigenvalue weighted by atomic mass is 10.0. The second kappa shape index (κ2) is 8.62. The van der Waals surface area contributed by atoms with Crippen molar-refractivity contribution in [2.24, 2.45) is 0 Å². The van der Waals surface area contributed by atoms with Gasteiger partial charge in [0.25, 0.3) is 0 Å². The first kappa shape index (κ1) is 21.6. The second-order valence-corrected chi connectivity index (χ2v) is 9.54. The van der Waals surface area contributed by atoms with Crippen molar-refractivity contribution < 1.29 is 14.3 Å². The Labute approximate surface area is 193 Å². The van der Waals surface area contributed by atoms with E-state index < -0.39 is 5.60 Å². The summed E-state index contributed by atoms with van der Waals surface area (Å²) in [7, 11) is 0. The molecule has 0 spiro atoms. The Bertz CT molecular complexity index is 1130. The normalized spacial score (nSPS) is 19.3. The van der Waals surface area contributed by atoms with Crippen LogP contribution in [0.1, 0.15) is 38.8 Å². The molecule has 2 saturated heterocycles. The van der Waals surface area contributed by atoms with Gasteiger partial charge in [-0.25, -0.2) is 14.8 Å². The monoisotopic (exact) mass is 450 g/mol. The first-order valence-corrected chi connectivity index (χ1v) is 11.5. The van der Waals surface area contributed by atoms with Crippen LogP contribution in [0.3, 0.4) is 0 Å². The van der Waals surface area contributed by atoms with Crippen LogP contribution in [0.15, 0.2) is 36.7 Å². The largest absolute Gasteiger partial charge is 0.444 e. The van der Waals surface area contributed by atoms with E-state index in [1.807, 2.05) is 62.0 Å². The number of morpholine rings is 1. The zero-order valence-corrected chi connectivity index (χ0v) is 19.4. The van der Waals surface area contributed by atoms with Crippen LogP contribution in [0.5, 0.6) is 0 Å². The third-order valence-corrected chi connectivity index (χ3v) is 5.97. The number of carbonyl (C=O) groups excluding carboxylic acids is 1. The molecule has 1 unspecified atom stereocenters. The maximum Gasteiger partial charge on any atom is 0.410 e. The number of para-hydroxylation sites is 1. The van der Waals surface area contributed by atoms with Gasteiger partial charge in [-0.1, -0.05) is 18.2 Å². The highest BCUT2D eigenvalue weighted by Gasteiger charge is 2.34. The summed E-state index contributed by atoms with van der Waals surface area (Å²) in [5.74, 6) is 0.760. The molecule has 0 N–H and O–H groups in total. The summed E-state index contributed by atoms with van der Waals surface area (Å²) in [6, 6.07) is 10.1. The number of carbonyl (C=O) groups is 1. The van der Waals surface area contributed by atoms with Crippen molar-refractivity contribution >= 4 is 23.2 Å². The van der Waals surface area contributed by atoms with Crippen LogP contribution in [0.4, 0.5) is 10.7 Å². The smallest absolute Gasteiger partial charge is 0.410 e. The average Bonchev–Trinajstić information content (AvgIpc) is 3.46. The Morgan fingerprint density at radius 1 is 1.09 bits per heavy atom. The Kier molecular flexibility index (Phi) is 5.65. The first-order valence-electron chi connectivity index (χ1n) is 11.5. The quantitative estimate of drug-likeness (QED) is 0.605. The number of imidazole rings is 1. The minimum atomic E-state index is -0.519. The summed E-state index contributed by atoms with van der Waals surface area (Å²) in [5, 5.41) is 0. The number of nitrogens with zero attached hydrogens (tertiary/aromatic N) is 6. The first-order chi connectivity index (χ1) is 15.9. The lowest BCUT2D eigenvalue weighted by molar-refractivity contribution is 0.0292. The molecule has 2 aliphatic heterocycles. The topological polar surface area (TPSA) is 85.6 Å². The van der Waals surface area contributed by atoms with Gasteiger partial charge in [-0.05, 0) is 39.3 Å². The zero-order valence-electron chi connectivity index (χ0n) is 19.4. The Morgan fingerprint density at radius 2 is 1.85 bits per heavy atom. The Balaban J connectivity index is 1.52. The van der Waals surface area contributed by atoms with Crippen LogP contribution in [0, 0.1) is 0 Å². The zero-order chi connectivity index (χ0) is 23.0. The summed E-state index contributed by atoms with van der Waals surface area (Å²) in [6.45, 7) is 9.66.